The molecule has 0 aliphatic rings. The van der Waals surface area contributed by atoms with Gasteiger partial charge in [-0.15, -0.1) is 0 Å². The highest BCUT2D eigenvalue weighted by Crippen LogP contribution is 2.29. The average Bonchev–Trinajstić information content (AvgIpc) is 2.98. The minimum Gasteiger partial charge on any atom is -0.481 e. The normalized spacial score (nSPS) is 12.6. The zero-order chi connectivity index (χ0) is 18.4. The first-order valence-corrected chi connectivity index (χ1v) is 8.36. The molecule has 4 nitrogen and oxygen atoms in total. The fraction of sp³-hybridized carbons (Fsp3) is 0.294. The van der Waals surface area contributed by atoms with Crippen LogP contribution in [0.1, 0.15) is 23.1 Å². The number of hydrogen-bond donors (Lipinski definition) is 2. The minimum atomic E-state index is -4.42. The van der Waals surface area contributed by atoms with Crippen molar-refractivity contribution in [1.29, 1.82) is 0 Å². The summed E-state index contributed by atoms with van der Waals surface area (Å²) in [5, 5.41) is 15.3. The van der Waals surface area contributed by atoms with Crippen molar-refractivity contribution in [3.63, 3.8) is 0 Å². The molecule has 0 spiro atoms. The van der Waals surface area contributed by atoms with Gasteiger partial charge in [-0.25, -0.2) is 0 Å². The Morgan fingerprint density at radius 2 is 1.80 bits per heavy atom. The molecule has 8 heteroatoms. The molecule has 0 saturated heterocycles. The van der Waals surface area contributed by atoms with Crippen molar-refractivity contribution in [2.75, 3.05) is 0 Å². The summed E-state index contributed by atoms with van der Waals surface area (Å²) < 4.78 is 37.7. The molecule has 2 rings (SSSR count). The van der Waals surface area contributed by atoms with E-state index in [1.165, 1.54) is 23.5 Å². The van der Waals surface area contributed by atoms with Gasteiger partial charge in [0.25, 0.3) is 0 Å². The molecule has 0 bridgehead atoms. The Morgan fingerprint density at radius 1 is 1.12 bits per heavy atom. The lowest BCUT2D eigenvalue weighted by molar-refractivity contribution is -0.138. The van der Waals surface area contributed by atoms with Gasteiger partial charge >= 0.3 is 12.1 Å². The van der Waals surface area contributed by atoms with E-state index in [0.29, 0.717) is 5.56 Å². The number of carboxylic acid groups (broad SMARTS) is 1. The first kappa shape index (κ1) is 19.0. The maximum absolute atomic E-state index is 12.6. The Kier molecular flexibility index (Phi) is 6.19. The molecule has 1 aromatic heterocycles. The van der Waals surface area contributed by atoms with E-state index in [1.807, 2.05) is 10.8 Å². The van der Waals surface area contributed by atoms with Crippen LogP contribution in [0.4, 0.5) is 13.2 Å². The number of thiophene rings is 1. The van der Waals surface area contributed by atoms with Crippen molar-refractivity contribution in [1.82, 2.24) is 5.32 Å². The molecule has 0 saturated carbocycles. The second-order valence-electron chi connectivity index (χ2n) is 5.57. The lowest BCUT2D eigenvalue weighted by atomic mass is 10.0. The van der Waals surface area contributed by atoms with Crippen LogP contribution in [0.2, 0.25) is 0 Å². The number of hydrogen-bond acceptors (Lipinski definition) is 3. The summed E-state index contributed by atoms with van der Waals surface area (Å²) >= 11 is 1.45. The Labute approximate surface area is 146 Å². The number of nitrogens with one attached hydrogen (secondary N) is 1. The SMILES string of the molecule is O=C(O)C[C@H](Cc1ccc(C(F)(F)F)cc1)NC(=O)Cc1ccsc1. The smallest absolute Gasteiger partial charge is 0.416 e. The number of carboxylic acids is 1. The lowest BCUT2D eigenvalue weighted by Gasteiger charge is -2.17. The first-order valence-electron chi connectivity index (χ1n) is 7.42. The van der Waals surface area contributed by atoms with Crippen molar-refractivity contribution in [3.05, 3.63) is 57.8 Å². The predicted octanol–water partition coefficient (Wildman–Crippen LogP) is 3.51. The number of rotatable bonds is 7. The maximum atomic E-state index is 12.6. The molecule has 1 amide bonds. The molecule has 0 radical (unpaired) electrons. The zero-order valence-corrected chi connectivity index (χ0v) is 13.9. The standard InChI is InChI=1S/C17H16F3NO3S/c18-17(19,20)13-3-1-11(2-4-13)7-14(9-16(23)24)21-15(22)8-12-5-6-25-10-12/h1-6,10,14H,7-9H2,(H,21,22)(H,23,24)/t14-/m0/s1. The number of aliphatic carboxylic acids is 1. The van der Waals surface area contributed by atoms with Crippen LogP contribution in [0.5, 0.6) is 0 Å². The summed E-state index contributed by atoms with van der Waals surface area (Å²) in [6, 6.07) is 5.58. The molecule has 1 heterocycles. The third-order valence-electron chi connectivity index (χ3n) is 3.49. The van der Waals surface area contributed by atoms with Crippen molar-refractivity contribution in [2.24, 2.45) is 0 Å². The van der Waals surface area contributed by atoms with Crippen LogP contribution in [-0.2, 0) is 28.6 Å². The Bertz CT molecular complexity index is 712. The summed E-state index contributed by atoms with van der Waals surface area (Å²) in [6.45, 7) is 0. The van der Waals surface area contributed by atoms with E-state index in [0.717, 1.165) is 17.7 Å². The van der Waals surface area contributed by atoms with E-state index < -0.39 is 23.8 Å². The van der Waals surface area contributed by atoms with Gasteiger partial charge < -0.3 is 10.4 Å². The molecule has 0 fully saturated rings. The largest absolute Gasteiger partial charge is 0.481 e. The second kappa shape index (κ2) is 8.15. The molecule has 0 aliphatic heterocycles. The monoisotopic (exact) mass is 371 g/mol. The summed E-state index contributed by atoms with van der Waals surface area (Å²) in [4.78, 5) is 23.0. The Balaban J connectivity index is 2.01. The first-order chi connectivity index (χ1) is 11.7. The maximum Gasteiger partial charge on any atom is 0.416 e. The van der Waals surface area contributed by atoms with Gasteiger partial charge in [0, 0.05) is 6.04 Å². The van der Waals surface area contributed by atoms with Gasteiger partial charge in [-0.2, -0.15) is 24.5 Å². The summed E-state index contributed by atoms with van der Waals surface area (Å²) in [5.41, 5.74) is 0.578. The fourth-order valence-electron chi connectivity index (χ4n) is 2.36. The molecule has 25 heavy (non-hydrogen) atoms. The van der Waals surface area contributed by atoms with Crippen LogP contribution in [0, 0.1) is 0 Å². The van der Waals surface area contributed by atoms with Crippen LogP contribution >= 0.6 is 11.3 Å². The van der Waals surface area contributed by atoms with Gasteiger partial charge in [0.15, 0.2) is 0 Å². The van der Waals surface area contributed by atoms with E-state index >= 15 is 0 Å². The number of carbonyl (C=O) groups excluding carboxylic acids is 1. The Morgan fingerprint density at radius 3 is 2.32 bits per heavy atom. The molecule has 0 unspecified atom stereocenters. The van der Waals surface area contributed by atoms with Gasteiger partial charge in [-0.3, -0.25) is 9.59 Å². The molecular weight excluding hydrogens is 355 g/mol. The third kappa shape index (κ3) is 6.22. The van der Waals surface area contributed by atoms with Crippen molar-refractivity contribution in [2.45, 2.75) is 31.5 Å². The third-order valence-corrected chi connectivity index (χ3v) is 4.23. The topological polar surface area (TPSA) is 66.4 Å². The molecule has 0 aliphatic carbocycles. The highest BCUT2D eigenvalue weighted by molar-refractivity contribution is 7.08. The number of halogens is 3. The van der Waals surface area contributed by atoms with E-state index in [2.05, 4.69) is 5.32 Å². The summed E-state index contributed by atoms with van der Waals surface area (Å²) in [5.74, 6) is -1.41. The molecule has 1 atom stereocenters. The molecular formula is C17H16F3NO3S. The second-order valence-corrected chi connectivity index (χ2v) is 6.35. The van der Waals surface area contributed by atoms with E-state index in [1.54, 1.807) is 6.07 Å². The van der Waals surface area contributed by atoms with Gasteiger partial charge in [-0.1, -0.05) is 12.1 Å². The highest BCUT2D eigenvalue weighted by Gasteiger charge is 2.30. The van der Waals surface area contributed by atoms with Crippen LogP contribution in [-0.4, -0.2) is 23.0 Å². The van der Waals surface area contributed by atoms with Crippen LogP contribution in [0.3, 0.4) is 0 Å². The quantitative estimate of drug-likeness (QED) is 0.783. The number of alkyl halides is 3. The summed E-state index contributed by atoms with van der Waals surface area (Å²) in [7, 11) is 0. The summed E-state index contributed by atoms with van der Waals surface area (Å²) in [6.07, 6.45) is -4.46. The van der Waals surface area contributed by atoms with Gasteiger partial charge in [0.2, 0.25) is 5.91 Å². The van der Waals surface area contributed by atoms with E-state index in [-0.39, 0.29) is 25.2 Å². The molecule has 2 N–H and O–H groups in total. The lowest BCUT2D eigenvalue weighted by Crippen LogP contribution is -2.38. The molecule has 1 aromatic carbocycles. The van der Waals surface area contributed by atoms with Crippen molar-refractivity contribution >= 4 is 23.2 Å². The van der Waals surface area contributed by atoms with Crippen LogP contribution in [0.25, 0.3) is 0 Å². The van der Waals surface area contributed by atoms with Gasteiger partial charge in [0.05, 0.1) is 18.4 Å². The van der Waals surface area contributed by atoms with Crippen molar-refractivity contribution < 1.29 is 27.9 Å². The van der Waals surface area contributed by atoms with E-state index in [9.17, 15) is 22.8 Å². The Hall–Kier alpha value is -2.35. The number of amides is 1. The van der Waals surface area contributed by atoms with Crippen molar-refractivity contribution in [3.8, 4) is 0 Å². The minimum absolute atomic E-state index is 0.132. The molecule has 2 aromatic rings. The molecule has 134 valence electrons. The number of carbonyl (C=O) groups is 2. The van der Waals surface area contributed by atoms with Crippen LogP contribution < -0.4 is 5.32 Å². The van der Waals surface area contributed by atoms with Gasteiger partial charge in [-0.05, 0) is 46.5 Å². The average molecular weight is 371 g/mol. The zero-order valence-electron chi connectivity index (χ0n) is 13.0. The highest BCUT2D eigenvalue weighted by atomic mass is 32.1. The predicted molar refractivity (Wildman–Crippen MR) is 87.4 cm³/mol. The van der Waals surface area contributed by atoms with Crippen LogP contribution in [0.15, 0.2) is 41.1 Å². The number of benzene rings is 1. The van der Waals surface area contributed by atoms with Gasteiger partial charge in [0.1, 0.15) is 0 Å². The fourth-order valence-corrected chi connectivity index (χ4v) is 3.03. The van der Waals surface area contributed by atoms with E-state index in [4.69, 9.17) is 5.11 Å².